The topological polar surface area (TPSA) is 34.0 Å². The smallest absolute Gasteiger partial charge is 0.119 e. The third kappa shape index (κ3) is 2.84. The zero-order valence-electron chi connectivity index (χ0n) is 11.4. The number of rotatable bonds is 4. The minimum absolute atomic E-state index is 0.696. The summed E-state index contributed by atoms with van der Waals surface area (Å²) in [6.07, 6.45) is 4.84. The lowest BCUT2D eigenvalue weighted by Gasteiger charge is -2.17. The van der Waals surface area contributed by atoms with Crippen LogP contribution < -0.4 is 0 Å². The van der Waals surface area contributed by atoms with Crippen molar-refractivity contribution in [2.45, 2.75) is 25.8 Å². The molecule has 1 fully saturated rings. The molecule has 4 heteroatoms. The van der Waals surface area contributed by atoms with Crippen LogP contribution in [0.1, 0.15) is 23.5 Å². The summed E-state index contributed by atoms with van der Waals surface area (Å²) in [5.74, 6) is 0.696. The Kier molecular flexibility index (Phi) is 3.60. The van der Waals surface area contributed by atoms with Crippen molar-refractivity contribution in [3.63, 3.8) is 0 Å². The molecular weight excluding hydrogens is 236 g/mol. The number of aryl methyl sites for hydroxylation is 1. The van der Waals surface area contributed by atoms with Gasteiger partial charge in [-0.25, -0.2) is 0 Å². The molecular formula is C15H20N4. The summed E-state index contributed by atoms with van der Waals surface area (Å²) in [6, 6.07) is 8.78. The molecule has 1 aliphatic heterocycles. The van der Waals surface area contributed by atoms with Crippen LogP contribution in [0, 0.1) is 6.92 Å². The molecule has 19 heavy (non-hydrogen) atoms. The summed E-state index contributed by atoms with van der Waals surface area (Å²) >= 11 is 0. The lowest BCUT2D eigenvalue weighted by Crippen LogP contribution is -2.24. The highest BCUT2D eigenvalue weighted by Crippen LogP contribution is 2.28. The van der Waals surface area contributed by atoms with Crippen molar-refractivity contribution < 1.29 is 0 Å². The van der Waals surface area contributed by atoms with Gasteiger partial charge in [-0.1, -0.05) is 24.3 Å². The maximum absolute atomic E-state index is 3.84. The summed E-state index contributed by atoms with van der Waals surface area (Å²) in [4.78, 5) is 2.54. The molecule has 3 rings (SSSR count). The fourth-order valence-electron chi connectivity index (χ4n) is 2.93. The second-order valence-electron chi connectivity index (χ2n) is 5.34. The summed E-state index contributed by atoms with van der Waals surface area (Å²) in [5.41, 5.74) is 2.95. The highest BCUT2D eigenvalue weighted by atomic mass is 15.2. The molecule has 0 unspecified atom stereocenters. The van der Waals surface area contributed by atoms with Gasteiger partial charge < -0.3 is 9.47 Å². The normalized spacial score (nSPS) is 19.9. The molecule has 1 aromatic heterocycles. The number of benzene rings is 1. The molecule has 100 valence electrons. The van der Waals surface area contributed by atoms with Crippen LogP contribution in [0.2, 0.25) is 0 Å². The van der Waals surface area contributed by atoms with Crippen LogP contribution in [0.3, 0.4) is 0 Å². The monoisotopic (exact) mass is 256 g/mol. The van der Waals surface area contributed by atoms with Gasteiger partial charge in [0.05, 0.1) is 0 Å². The largest absolute Gasteiger partial charge is 0.319 e. The molecule has 0 amide bonds. The number of likely N-dealkylation sites (tertiary alicyclic amines) is 1. The Morgan fingerprint density at radius 3 is 2.74 bits per heavy atom. The van der Waals surface area contributed by atoms with Crippen molar-refractivity contribution in [2.75, 3.05) is 19.6 Å². The second-order valence-corrected chi connectivity index (χ2v) is 5.34. The minimum Gasteiger partial charge on any atom is -0.319 e. The van der Waals surface area contributed by atoms with Gasteiger partial charge in [-0.3, -0.25) is 0 Å². The van der Waals surface area contributed by atoms with Crippen molar-refractivity contribution >= 4 is 0 Å². The van der Waals surface area contributed by atoms with Gasteiger partial charge in [0, 0.05) is 19.6 Å². The molecule has 1 atom stereocenters. The minimum atomic E-state index is 0.696. The predicted octanol–water partition coefficient (Wildman–Crippen LogP) is 2.08. The van der Waals surface area contributed by atoms with Crippen LogP contribution in [-0.2, 0) is 6.54 Å². The van der Waals surface area contributed by atoms with E-state index in [4.69, 9.17) is 0 Å². The average molecular weight is 256 g/mol. The fourth-order valence-corrected chi connectivity index (χ4v) is 2.93. The van der Waals surface area contributed by atoms with Gasteiger partial charge in [-0.05, 0) is 36.9 Å². The quantitative estimate of drug-likeness (QED) is 0.840. The number of aromatic nitrogens is 3. The van der Waals surface area contributed by atoms with Crippen molar-refractivity contribution in [2.24, 2.45) is 0 Å². The highest BCUT2D eigenvalue weighted by molar-refractivity contribution is 5.30. The second kappa shape index (κ2) is 5.53. The molecule has 1 aliphatic rings. The maximum Gasteiger partial charge on any atom is 0.119 e. The number of nitrogens with zero attached hydrogens (tertiary/aromatic N) is 4. The third-order valence-corrected chi connectivity index (χ3v) is 4.04. The Bertz CT molecular complexity index is 521. The molecule has 2 heterocycles. The van der Waals surface area contributed by atoms with E-state index in [1.807, 2.05) is 4.57 Å². The molecule has 2 aromatic rings. The van der Waals surface area contributed by atoms with E-state index in [0.29, 0.717) is 5.92 Å². The fraction of sp³-hybridized carbons (Fsp3) is 0.467. The maximum atomic E-state index is 3.84. The number of hydrogen-bond donors (Lipinski definition) is 0. The first kappa shape index (κ1) is 12.4. The molecule has 0 bridgehead atoms. The molecule has 1 aromatic carbocycles. The summed E-state index contributed by atoms with van der Waals surface area (Å²) in [7, 11) is 0. The van der Waals surface area contributed by atoms with E-state index >= 15 is 0 Å². The average Bonchev–Trinajstić information content (AvgIpc) is 3.08. The van der Waals surface area contributed by atoms with Crippen LogP contribution in [0.5, 0.6) is 0 Å². The molecule has 0 spiro atoms. The SMILES string of the molecule is Cc1ccccc1[C@@H]1CCN(CCn2cnnc2)C1. The van der Waals surface area contributed by atoms with Crippen LogP contribution in [0.25, 0.3) is 0 Å². The van der Waals surface area contributed by atoms with Gasteiger partial charge in [0.25, 0.3) is 0 Å². The van der Waals surface area contributed by atoms with E-state index in [-0.39, 0.29) is 0 Å². The van der Waals surface area contributed by atoms with Crippen LogP contribution in [-0.4, -0.2) is 39.3 Å². The predicted molar refractivity (Wildman–Crippen MR) is 75.0 cm³/mol. The summed E-state index contributed by atoms with van der Waals surface area (Å²) < 4.78 is 2.04. The lowest BCUT2D eigenvalue weighted by molar-refractivity contribution is 0.318. The van der Waals surface area contributed by atoms with E-state index in [1.54, 1.807) is 12.7 Å². The molecule has 0 saturated carbocycles. The summed E-state index contributed by atoms with van der Waals surface area (Å²) in [5, 5.41) is 7.67. The zero-order chi connectivity index (χ0) is 13.1. The highest BCUT2D eigenvalue weighted by Gasteiger charge is 2.24. The van der Waals surface area contributed by atoms with Gasteiger partial charge in [0.15, 0.2) is 0 Å². The van der Waals surface area contributed by atoms with Gasteiger partial charge in [0.2, 0.25) is 0 Å². The molecule has 0 aliphatic carbocycles. The van der Waals surface area contributed by atoms with Crippen molar-refractivity contribution in [1.82, 2.24) is 19.7 Å². The number of hydrogen-bond acceptors (Lipinski definition) is 3. The summed E-state index contributed by atoms with van der Waals surface area (Å²) in [6.45, 7) is 6.65. The van der Waals surface area contributed by atoms with E-state index in [2.05, 4.69) is 46.3 Å². The van der Waals surface area contributed by atoms with Crippen LogP contribution in [0.4, 0.5) is 0 Å². The Hall–Kier alpha value is -1.68. The van der Waals surface area contributed by atoms with Crippen molar-refractivity contribution in [3.8, 4) is 0 Å². The Morgan fingerprint density at radius 1 is 1.16 bits per heavy atom. The van der Waals surface area contributed by atoms with Gasteiger partial charge in [-0.15, -0.1) is 10.2 Å². The van der Waals surface area contributed by atoms with E-state index in [0.717, 1.165) is 13.1 Å². The molecule has 0 N–H and O–H groups in total. The van der Waals surface area contributed by atoms with E-state index in [1.165, 1.54) is 30.6 Å². The Morgan fingerprint density at radius 2 is 1.95 bits per heavy atom. The van der Waals surface area contributed by atoms with Gasteiger partial charge in [0.1, 0.15) is 12.7 Å². The van der Waals surface area contributed by atoms with E-state index < -0.39 is 0 Å². The molecule has 0 radical (unpaired) electrons. The first-order chi connectivity index (χ1) is 9.33. The van der Waals surface area contributed by atoms with Crippen molar-refractivity contribution in [3.05, 3.63) is 48.0 Å². The standard InChI is InChI=1S/C15H20N4/c1-13-4-2-3-5-15(13)14-6-7-18(10-14)8-9-19-11-16-17-12-19/h2-5,11-12,14H,6-10H2,1H3/t14-/m1/s1. The molecule has 1 saturated heterocycles. The zero-order valence-corrected chi connectivity index (χ0v) is 11.4. The first-order valence-electron chi connectivity index (χ1n) is 6.93. The van der Waals surface area contributed by atoms with E-state index in [9.17, 15) is 0 Å². The first-order valence-corrected chi connectivity index (χ1v) is 6.93. The van der Waals surface area contributed by atoms with Crippen LogP contribution in [0.15, 0.2) is 36.9 Å². The molecule has 4 nitrogen and oxygen atoms in total. The van der Waals surface area contributed by atoms with Gasteiger partial charge in [-0.2, -0.15) is 0 Å². The third-order valence-electron chi connectivity index (χ3n) is 4.04. The Balaban J connectivity index is 1.57. The van der Waals surface area contributed by atoms with Crippen molar-refractivity contribution in [1.29, 1.82) is 0 Å². The van der Waals surface area contributed by atoms with Gasteiger partial charge >= 0.3 is 0 Å². The Labute approximate surface area is 114 Å². The van der Waals surface area contributed by atoms with Crippen LogP contribution >= 0.6 is 0 Å². The lowest BCUT2D eigenvalue weighted by atomic mass is 9.94.